The van der Waals surface area contributed by atoms with Gasteiger partial charge in [0.2, 0.25) is 0 Å². The van der Waals surface area contributed by atoms with E-state index in [9.17, 15) is 0 Å². The van der Waals surface area contributed by atoms with Crippen molar-refractivity contribution in [2.24, 2.45) is 0 Å². The van der Waals surface area contributed by atoms with E-state index in [4.69, 9.17) is 16.4 Å². The molecule has 5 heteroatoms. The number of hydrogen-bond donors (Lipinski definition) is 0. The fraction of sp³-hybridized carbons (Fsp3) is 0. The van der Waals surface area contributed by atoms with Crippen molar-refractivity contribution in [3.63, 3.8) is 0 Å². The lowest BCUT2D eigenvalue weighted by Gasteiger charge is -2.03. The summed E-state index contributed by atoms with van der Waals surface area (Å²) in [6.07, 6.45) is 0. The molecule has 0 N–H and O–H groups in total. The summed E-state index contributed by atoms with van der Waals surface area (Å²) in [5, 5.41) is 8.53. The first kappa shape index (κ1) is 10.1. The van der Waals surface area contributed by atoms with Crippen LogP contribution in [0.1, 0.15) is 0 Å². The van der Waals surface area contributed by atoms with Crippen LogP contribution in [0.4, 0.5) is 0 Å². The highest BCUT2D eigenvalue weighted by molar-refractivity contribution is 6.31. The van der Waals surface area contributed by atoms with Gasteiger partial charge in [0.15, 0.2) is 5.75 Å². The summed E-state index contributed by atoms with van der Waals surface area (Å²) in [6, 6.07) is 14.7. The zero-order chi connectivity index (χ0) is 11.7. The van der Waals surface area contributed by atoms with Crippen LogP contribution in [-0.4, -0.2) is 15.2 Å². The van der Waals surface area contributed by atoms with Crippen molar-refractivity contribution in [3.05, 3.63) is 53.6 Å². The van der Waals surface area contributed by atoms with Crippen molar-refractivity contribution in [1.29, 1.82) is 0 Å². The van der Waals surface area contributed by atoms with Gasteiger partial charge in [-0.25, -0.2) is 0 Å². The molecular weight excluding hydrogens is 238 g/mol. The predicted molar refractivity (Wildman–Crippen MR) is 65.0 cm³/mol. The van der Waals surface area contributed by atoms with Crippen LogP contribution in [0.15, 0.2) is 48.5 Å². The molecule has 0 saturated carbocycles. The van der Waals surface area contributed by atoms with Crippen LogP contribution < -0.4 is 4.84 Å². The summed E-state index contributed by atoms with van der Waals surface area (Å²) in [5.74, 6) is 0.694. The lowest BCUT2D eigenvalue weighted by Crippen LogP contribution is -2.06. The standard InChI is InChI=1S/C12H8ClN3O/c13-9-6-7-11-12(8-9)16(15-14-11)17-10-4-2-1-3-5-10/h1-8H. The summed E-state index contributed by atoms with van der Waals surface area (Å²) < 4.78 is 0. The zero-order valence-corrected chi connectivity index (χ0v) is 9.50. The van der Waals surface area contributed by atoms with Gasteiger partial charge >= 0.3 is 0 Å². The van der Waals surface area contributed by atoms with Gasteiger partial charge in [-0.2, -0.15) is 0 Å². The van der Waals surface area contributed by atoms with E-state index in [0.717, 1.165) is 11.0 Å². The Bertz CT molecular complexity index is 651. The highest BCUT2D eigenvalue weighted by Gasteiger charge is 2.06. The van der Waals surface area contributed by atoms with Crippen LogP contribution in [-0.2, 0) is 0 Å². The van der Waals surface area contributed by atoms with Crippen molar-refractivity contribution >= 4 is 22.6 Å². The first-order valence-corrected chi connectivity index (χ1v) is 5.45. The Morgan fingerprint density at radius 2 is 1.88 bits per heavy atom. The summed E-state index contributed by atoms with van der Waals surface area (Å²) in [7, 11) is 0. The minimum atomic E-state index is 0.623. The van der Waals surface area contributed by atoms with E-state index < -0.39 is 0 Å². The molecule has 2 aromatic carbocycles. The molecule has 0 radical (unpaired) electrons. The number of rotatable bonds is 2. The second-order valence-electron chi connectivity index (χ2n) is 3.50. The van der Waals surface area contributed by atoms with E-state index in [-0.39, 0.29) is 0 Å². The van der Waals surface area contributed by atoms with Gasteiger partial charge in [-0.3, -0.25) is 0 Å². The Hall–Kier alpha value is -2.07. The summed E-state index contributed by atoms with van der Waals surface area (Å²) in [4.78, 5) is 6.93. The second-order valence-corrected chi connectivity index (χ2v) is 3.94. The molecule has 0 saturated heterocycles. The van der Waals surface area contributed by atoms with Crippen LogP contribution >= 0.6 is 11.6 Å². The second kappa shape index (κ2) is 4.07. The third-order valence-corrected chi connectivity index (χ3v) is 2.55. The Balaban J connectivity index is 2.03. The molecule has 0 spiro atoms. The quantitative estimate of drug-likeness (QED) is 0.697. The molecule has 0 aliphatic heterocycles. The monoisotopic (exact) mass is 245 g/mol. The molecule has 0 aliphatic carbocycles. The fourth-order valence-corrected chi connectivity index (χ4v) is 1.69. The van der Waals surface area contributed by atoms with Gasteiger partial charge in [0.25, 0.3) is 0 Å². The number of nitrogens with zero attached hydrogens (tertiary/aromatic N) is 3. The molecule has 3 aromatic rings. The molecule has 3 rings (SSSR count). The van der Waals surface area contributed by atoms with Crippen LogP contribution in [0.5, 0.6) is 5.75 Å². The van der Waals surface area contributed by atoms with Gasteiger partial charge in [0.1, 0.15) is 11.0 Å². The Morgan fingerprint density at radius 3 is 2.71 bits per heavy atom. The lowest BCUT2D eigenvalue weighted by molar-refractivity contribution is 0.184. The summed E-state index contributed by atoms with van der Waals surface area (Å²) in [5.41, 5.74) is 1.48. The van der Waals surface area contributed by atoms with Crippen LogP contribution in [0, 0.1) is 0 Å². The summed E-state index contributed by atoms with van der Waals surface area (Å²) >= 11 is 5.93. The first-order chi connectivity index (χ1) is 8.33. The molecule has 0 fully saturated rings. The number of aromatic nitrogens is 3. The average Bonchev–Trinajstić information content (AvgIpc) is 2.73. The molecule has 0 amide bonds. The van der Waals surface area contributed by atoms with Crippen molar-refractivity contribution < 1.29 is 4.84 Å². The smallest absolute Gasteiger partial charge is 0.158 e. The molecular formula is C12H8ClN3O. The van der Waals surface area contributed by atoms with E-state index >= 15 is 0 Å². The number of benzene rings is 2. The van der Waals surface area contributed by atoms with Gasteiger partial charge in [-0.05, 0) is 35.5 Å². The van der Waals surface area contributed by atoms with Gasteiger partial charge in [-0.15, -0.1) is 5.10 Å². The van der Waals surface area contributed by atoms with E-state index in [1.54, 1.807) is 18.2 Å². The molecule has 0 bridgehead atoms. The Kier molecular flexibility index (Phi) is 2.42. The predicted octanol–water partition coefficient (Wildman–Crippen LogP) is 2.93. The fourth-order valence-electron chi connectivity index (χ4n) is 1.52. The molecule has 1 aromatic heterocycles. The molecule has 1 heterocycles. The average molecular weight is 246 g/mol. The van der Waals surface area contributed by atoms with Crippen molar-refractivity contribution in [3.8, 4) is 5.75 Å². The van der Waals surface area contributed by atoms with Gasteiger partial charge in [0, 0.05) is 5.02 Å². The summed E-state index contributed by atoms with van der Waals surface area (Å²) in [6.45, 7) is 0. The van der Waals surface area contributed by atoms with E-state index in [1.807, 2.05) is 30.3 Å². The maximum atomic E-state index is 5.93. The highest BCUT2D eigenvalue weighted by Crippen LogP contribution is 2.18. The Morgan fingerprint density at radius 1 is 1.06 bits per heavy atom. The largest absolute Gasteiger partial charge is 0.356 e. The zero-order valence-electron chi connectivity index (χ0n) is 8.75. The minimum Gasteiger partial charge on any atom is -0.356 e. The Labute approximate surface area is 102 Å². The van der Waals surface area contributed by atoms with Crippen LogP contribution in [0.25, 0.3) is 11.0 Å². The van der Waals surface area contributed by atoms with Crippen molar-refractivity contribution in [1.82, 2.24) is 15.2 Å². The molecule has 0 unspecified atom stereocenters. The third-order valence-electron chi connectivity index (χ3n) is 2.31. The minimum absolute atomic E-state index is 0.623. The highest BCUT2D eigenvalue weighted by atomic mass is 35.5. The maximum absolute atomic E-state index is 5.93. The van der Waals surface area contributed by atoms with Gasteiger partial charge in [0.05, 0.1) is 0 Å². The van der Waals surface area contributed by atoms with Gasteiger partial charge in [-0.1, -0.05) is 34.6 Å². The normalized spacial score (nSPS) is 10.6. The number of para-hydroxylation sites is 1. The first-order valence-electron chi connectivity index (χ1n) is 5.07. The van der Waals surface area contributed by atoms with Crippen LogP contribution in [0.2, 0.25) is 5.02 Å². The van der Waals surface area contributed by atoms with Crippen LogP contribution in [0.3, 0.4) is 0 Å². The SMILES string of the molecule is Clc1ccc2nnn(Oc3ccccc3)c2c1. The molecule has 0 atom stereocenters. The molecule has 4 nitrogen and oxygen atoms in total. The van der Waals surface area contributed by atoms with Crippen molar-refractivity contribution in [2.45, 2.75) is 0 Å². The van der Waals surface area contributed by atoms with Gasteiger partial charge < -0.3 is 4.84 Å². The van der Waals surface area contributed by atoms with Crippen molar-refractivity contribution in [2.75, 3.05) is 0 Å². The molecule has 0 aliphatic rings. The number of halogens is 1. The molecule has 84 valence electrons. The number of fused-ring (bicyclic) bond motifs is 1. The third kappa shape index (κ3) is 1.94. The van der Waals surface area contributed by atoms with E-state index in [2.05, 4.69) is 10.3 Å². The number of hydrogen-bond acceptors (Lipinski definition) is 3. The van der Waals surface area contributed by atoms with E-state index in [1.165, 1.54) is 4.85 Å². The maximum Gasteiger partial charge on any atom is 0.158 e. The lowest BCUT2D eigenvalue weighted by atomic mass is 10.3. The molecule has 17 heavy (non-hydrogen) atoms. The van der Waals surface area contributed by atoms with E-state index in [0.29, 0.717) is 10.8 Å². The topological polar surface area (TPSA) is 39.9 Å².